The number of aromatic hydroxyl groups is 1. The monoisotopic (exact) mass is 377 g/mol. The van der Waals surface area contributed by atoms with Crippen molar-refractivity contribution in [1.82, 2.24) is 14.8 Å². The minimum atomic E-state index is -0.519. The number of nitrogens with zero attached hydrogens (tertiary/aromatic N) is 4. The molecule has 0 saturated heterocycles. The maximum atomic E-state index is 10.8. The summed E-state index contributed by atoms with van der Waals surface area (Å²) >= 11 is 0. The van der Waals surface area contributed by atoms with E-state index in [1.807, 2.05) is 19.9 Å². The van der Waals surface area contributed by atoms with Gasteiger partial charge in [0.1, 0.15) is 0 Å². The summed E-state index contributed by atoms with van der Waals surface area (Å²) in [6.07, 6.45) is 4.00. The molecule has 27 heavy (non-hydrogen) atoms. The van der Waals surface area contributed by atoms with Crippen LogP contribution >= 0.6 is 0 Å². The van der Waals surface area contributed by atoms with Crippen LogP contribution in [0.15, 0.2) is 41.4 Å². The van der Waals surface area contributed by atoms with Crippen LogP contribution in [0.25, 0.3) is 16.9 Å². The van der Waals surface area contributed by atoms with Crippen LogP contribution in [0.4, 0.5) is 0 Å². The summed E-state index contributed by atoms with van der Waals surface area (Å²) in [5.41, 5.74) is 3.67. The molecule has 0 aliphatic heterocycles. The average molecular weight is 377 g/mol. The first-order chi connectivity index (χ1) is 13.0. The van der Waals surface area contributed by atoms with Crippen molar-refractivity contribution in [3.63, 3.8) is 0 Å². The van der Waals surface area contributed by atoms with Crippen LogP contribution in [0.5, 0.6) is 5.88 Å². The summed E-state index contributed by atoms with van der Waals surface area (Å²) in [5, 5.41) is 24.6. The van der Waals surface area contributed by atoms with Gasteiger partial charge in [0.05, 0.1) is 22.9 Å². The standard InChI is InChI=1S/C20H19N5OS/c1-12-9-18(23-11-17(12)27(22)16-7-8-16)25-20(26)19(13(2)24-25)15-5-3-14(10-21)4-6-15/h3-6,9,11,16,22,26H,7-8H2,1-2H3. The highest BCUT2D eigenvalue weighted by molar-refractivity contribution is 7.87. The van der Waals surface area contributed by atoms with E-state index in [1.54, 1.807) is 30.5 Å². The van der Waals surface area contributed by atoms with Gasteiger partial charge in [-0.15, -0.1) is 0 Å². The van der Waals surface area contributed by atoms with E-state index in [1.165, 1.54) is 4.68 Å². The number of aromatic nitrogens is 3. The predicted octanol–water partition coefficient (Wildman–Crippen LogP) is 4.03. The Kier molecular flexibility index (Phi) is 4.28. The number of nitriles is 1. The lowest BCUT2D eigenvalue weighted by atomic mass is 10.0. The Morgan fingerprint density at radius 3 is 2.56 bits per heavy atom. The zero-order valence-corrected chi connectivity index (χ0v) is 15.9. The SMILES string of the molecule is Cc1cc(-n2nc(C)c(-c3ccc(C#N)cc3)c2O)ncc1S(=N)C1CC1. The van der Waals surface area contributed by atoms with Crippen LogP contribution in [0, 0.1) is 30.0 Å². The molecule has 0 amide bonds. The molecule has 0 spiro atoms. The highest BCUT2D eigenvalue weighted by Gasteiger charge is 2.27. The number of pyridine rings is 1. The normalized spacial score (nSPS) is 14.7. The summed E-state index contributed by atoms with van der Waals surface area (Å²) in [6.45, 7) is 3.81. The molecule has 1 aromatic carbocycles. The van der Waals surface area contributed by atoms with Gasteiger partial charge in [-0.3, -0.25) is 4.78 Å². The smallest absolute Gasteiger partial charge is 0.223 e. The fraction of sp³-hybridized carbons (Fsp3) is 0.250. The second-order valence-electron chi connectivity index (χ2n) is 6.73. The summed E-state index contributed by atoms with van der Waals surface area (Å²) in [4.78, 5) is 5.43. The molecule has 1 fully saturated rings. The Hall–Kier alpha value is -2.98. The molecular weight excluding hydrogens is 358 g/mol. The molecule has 4 rings (SSSR count). The molecule has 6 nitrogen and oxygen atoms in total. The van der Waals surface area contributed by atoms with Crippen LogP contribution < -0.4 is 0 Å². The average Bonchev–Trinajstić information content (AvgIpc) is 3.47. The van der Waals surface area contributed by atoms with Crippen molar-refractivity contribution in [1.29, 1.82) is 10.0 Å². The Balaban J connectivity index is 1.73. The highest BCUT2D eigenvalue weighted by atomic mass is 32.2. The largest absolute Gasteiger partial charge is 0.493 e. The minimum absolute atomic E-state index is 0.0175. The van der Waals surface area contributed by atoms with Gasteiger partial charge >= 0.3 is 0 Å². The van der Waals surface area contributed by atoms with E-state index in [9.17, 15) is 5.11 Å². The van der Waals surface area contributed by atoms with Crippen LogP contribution in [-0.4, -0.2) is 25.1 Å². The van der Waals surface area contributed by atoms with Crippen molar-refractivity contribution >= 4 is 10.7 Å². The highest BCUT2D eigenvalue weighted by Crippen LogP contribution is 2.35. The van der Waals surface area contributed by atoms with E-state index in [0.717, 1.165) is 28.9 Å². The summed E-state index contributed by atoms with van der Waals surface area (Å²) in [6, 6.07) is 11.0. The van der Waals surface area contributed by atoms with E-state index in [4.69, 9.17) is 10.0 Å². The van der Waals surface area contributed by atoms with Crippen molar-refractivity contribution in [2.75, 3.05) is 0 Å². The number of nitrogens with one attached hydrogen (secondary N) is 1. The summed E-state index contributed by atoms with van der Waals surface area (Å²) < 4.78 is 9.79. The summed E-state index contributed by atoms with van der Waals surface area (Å²) in [7, 11) is -0.519. The van der Waals surface area contributed by atoms with Crippen LogP contribution in [0.2, 0.25) is 0 Å². The summed E-state index contributed by atoms with van der Waals surface area (Å²) in [5.74, 6) is 0.550. The van der Waals surface area contributed by atoms with Crippen molar-refractivity contribution in [3.8, 4) is 28.9 Å². The van der Waals surface area contributed by atoms with E-state index in [2.05, 4.69) is 16.2 Å². The topological polar surface area (TPSA) is 98.6 Å². The number of rotatable bonds is 4. The van der Waals surface area contributed by atoms with Gasteiger partial charge < -0.3 is 5.11 Å². The molecule has 136 valence electrons. The van der Waals surface area contributed by atoms with Gasteiger partial charge in [0, 0.05) is 16.3 Å². The molecule has 0 radical (unpaired) electrons. The first-order valence-electron chi connectivity index (χ1n) is 8.70. The second-order valence-corrected chi connectivity index (χ2v) is 8.51. The Bertz CT molecular complexity index is 1090. The van der Waals surface area contributed by atoms with Gasteiger partial charge in [0.15, 0.2) is 5.82 Å². The van der Waals surface area contributed by atoms with Crippen molar-refractivity contribution in [3.05, 3.63) is 53.3 Å². The second kappa shape index (κ2) is 6.63. The van der Waals surface area contributed by atoms with Gasteiger partial charge in [-0.25, -0.2) is 4.98 Å². The zero-order valence-electron chi connectivity index (χ0n) is 15.1. The van der Waals surface area contributed by atoms with Gasteiger partial charge in [0.2, 0.25) is 5.88 Å². The maximum absolute atomic E-state index is 10.8. The van der Waals surface area contributed by atoms with E-state index in [-0.39, 0.29) is 5.88 Å². The lowest BCUT2D eigenvalue weighted by Gasteiger charge is -2.10. The Morgan fingerprint density at radius 2 is 1.96 bits per heavy atom. The Morgan fingerprint density at radius 1 is 1.26 bits per heavy atom. The fourth-order valence-electron chi connectivity index (χ4n) is 3.08. The lowest BCUT2D eigenvalue weighted by molar-refractivity contribution is 0.433. The number of benzene rings is 1. The zero-order chi connectivity index (χ0) is 19.1. The minimum Gasteiger partial charge on any atom is -0.493 e. The fourth-order valence-corrected chi connectivity index (χ4v) is 4.62. The molecule has 1 unspecified atom stereocenters. The van der Waals surface area contributed by atoms with Crippen molar-refractivity contribution in [2.45, 2.75) is 36.8 Å². The number of aryl methyl sites for hydroxylation is 2. The first-order valence-corrected chi connectivity index (χ1v) is 9.99. The van der Waals surface area contributed by atoms with Gasteiger partial charge in [-0.2, -0.15) is 15.0 Å². The molecule has 1 aliphatic rings. The Labute approximate surface area is 160 Å². The molecule has 3 aromatic rings. The number of hydrogen-bond acceptors (Lipinski definition) is 5. The van der Waals surface area contributed by atoms with Crippen LogP contribution in [0.3, 0.4) is 0 Å². The molecule has 1 saturated carbocycles. The third-order valence-electron chi connectivity index (χ3n) is 4.70. The molecule has 2 aromatic heterocycles. The van der Waals surface area contributed by atoms with Gasteiger partial charge in [-0.1, -0.05) is 22.8 Å². The van der Waals surface area contributed by atoms with Gasteiger partial charge in [0.25, 0.3) is 0 Å². The van der Waals surface area contributed by atoms with Crippen LogP contribution in [-0.2, 0) is 10.7 Å². The predicted molar refractivity (Wildman–Crippen MR) is 104 cm³/mol. The molecule has 0 bridgehead atoms. The molecular formula is C20H19N5OS. The lowest BCUT2D eigenvalue weighted by Crippen LogP contribution is -2.04. The number of hydrogen-bond donors (Lipinski definition) is 2. The molecule has 1 aliphatic carbocycles. The van der Waals surface area contributed by atoms with E-state index < -0.39 is 10.7 Å². The van der Waals surface area contributed by atoms with Crippen molar-refractivity contribution < 1.29 is 5.11 Å². The van der Waals surface area contributed by atoms with Gasteiger partial charge in [-0.05, 0) is 56.0 Å². The third-order valence-corrected chi connectivity index (χ3v) is 6.74. The molecule has 1 atom stereocenters. The van der Waals surface area contributed by atoms with E-state index in [0.29, 0.717) is 27.9 Å². The van der Waals surface area contributed by atoms with E-state index >= 15 is 0 Å². The quantitative estimate of drug-likeness (QED) is 0.717. The molecule has 7 heteroatoms. The molecule has 2 N–H and O–H groups in total. The third kappa shape index (κ3) is 3.13. The maximum Gasteiger partial charge on any atom is 0.223 e. The van der Waals surface area contributed by atoms with Crippen LogP contribution in [0.1, 0.15) is 29.7 Å². The van der Waals surface area contributed by atoms with Crippen molar-refractivity contribution in [2.24, 2.45) is 0 Å². The molecule has 2 heterocycles. The first kappa shape index (κ1) is 17.4.